The van der Waals surface area contributed by atoms with E-state index in [0.717, 1.165) is 22.4 Å². The Balaban J connectivity index is 2.55. The molecule has 106 valence electrons. The first-order valence-electron chi connectivity index (χ1n) is 6.33. The summed E-state index contributed by atoms with van der Waals surface area (Å²) >= 11 is 0. The highest BCUT2D eigenvalue weighted by molar-refractivity contribution is 5.86. The fraction of sp³-hybridized carbons (Fsp3) is 0.333. The molecule has 0 spiro atoms. The van der Waals surface area contributed by atoms with E-state index in [4.69, 9.17) is 14.4 Å². The van der Waals surface area contributed by atoms with Crippen LogP contribution in [0.5, 0.6) is 5.75 Å². The molecule has 1 N–H and O–H groups in total. The number of hydrogen-bond donors (Lipinski definition) is 1. The van der Waals surface area contributed by atoms with Crippen LogP contribution in [0.15, 0.2) is 22.7 Å². The van der Waals surface area contributed by atoms with Gasteiger partial charge in [0.2, 0.25) is 0 Å². The maximum absolute atomic E-state index is 10.9. The molecule has 1 aromatic carbocycles. The molecule has 0 aliphatic heterocycles. The fourth-order valence-electron chi connectivity index (χ4n) is 2.09. The lowest BCUT2D eigenvalue weighted by Gasteiger charge is -2.14. The van der Waals surface area contributed by atoms with Gasteiger partial charge in [0.1, 0.15) is 5.75 Å². The van der Waals surface area contributed by atoms with Crippen LogP contribution in [0.2, 0.25) is 0 Å². The van der Waals surface area contributed by atoms with Crippen molar-refractivity contribution in [3.8, 4) is 17.1 Å². The van der Waals surface area contributed by atoms with Gasteiger partial charge in [-0.1, -0.05) is 19.0 Å². The topological polar surface area (TPSA) is 72.6 Å². The summed E-state index contributed by atoms with van der Waals surface area (Å²) in [5.74, 6) is 0.449. The number of carboxylic acid groups (broad SMARTS) is 1. The summed E-state index contributed by atoms with van der Waals surface area (Å²) in [4.78, 5) is 10.9. The van der Waals surface area contributed by atoms with Crippen LogP contribution >= 0.6 is 0 Å². The van der Waals surface area contributed by atoms with Crippen molar-refractivity contribution in [2.75, 3.05) is 7.11 Å². The van der Waals surface area contributed by atoms with Crippen LogP contribution in [-0.4, -0.2) is 23.3 Å². The van der Waals surface area contributed by atoms with Crippen molar-refractivity contribution < 1.29 is 19.2 Å². The number of ether oxygens (including phenoxy) is 1. The molecule has 2 rings (SSSR count). The largest absolute Gasteiger partial charge is 0.496 e. The highest BCUT2D eigenvalue weighted by atomic mass is 16.5. The first-order chi connectivity index (χ1) is 9.43. The van der Waals surface area contributed by atoms with Gasteiger partial charge in [-0.15, -0.1) is 0 Å². The number of nitrogens with zero attached hydrogens (tertiary/aromatic N) is 1. The molecule has 0 aliphatic rings. The second-order valence-electron chi connectivity index (χ2n) is 4.95. The second kappa shape index (κ2) is 5.36. The summed E-state index contributed by atoms with van der Waals surface area (Å²) in [5.41, 5.74) is 2.72. The summed E-state index contributed by atoms with van der Waals surface area (Å²) in [6.07, 6.45) is 0. The molecule has 0 saturated heterocycles. The van der Waals surface area contributed by atoms with E-state index in [9.17, 15) is 4.79 Å². The average molecular weight is 275 g/mol. The van der Waals surface area contributed by atoms with Crippen LogP contribution in [-0.2, 0) is 0 Å². The zero-order valence-corrected chi connectivity index (χ0v) is 11.9. The van der Waals surface area contributed by atoms with Gasteiger partial charge in [0.25, 0.3) is 0 Å². The number of aryl methyl sites for hydroxylation is 1. The number of hydrogen-bond acceptors (Lipinski definition) is 4. The van der Waals surface area contributed by atoms with Crippen LogP contribution in [0.3, 0.4) is 0 Å². The molecule has 0 aliphatic carbocycles. The first-order valence-corrected chi connectivity index (χ1v) is 6.33. The quantitative estimate of drug-likeness (QED) is 0.924. The lowest BCUT2D eigenvalue weighted by Crippen LogP contribution is -1.97. The van der Waals surface area contributed by atoms with Gasteiger partial charge in [0.15, 0.2) is 11.5 Å². The molecule has 5 heteroatoms. The highest BCUT2D eigenvalue weighted by Crippen LogP contribution is 2.34. The minimum absolute atomic E-state index is 0.0960. The number of carboxylic acids is 1. The lowest BCUT2D eigenvalue weighted by molar-refractivity contribution is 0.0686. The fourth-order valence-corrected chi connectivity index (χ4v) is 2.09. The number of benzene rings is 1. The van der Waals surface area contributed by atoms with E-state index < -0.39 is 5.97 Å². The Morgan fingerprint density at radius 2 is 2.05 bits per heavy atom. The van der Waals surface area contributed by atoms with Crippen molar-refractivity contribution in [2.24, 2.45) is 0 Å². The molecule has 2 aromatic rings. The van der Waals surface area contributed by atoms with Crippen LogP contribution in [0, 0.1) is 6.92 Å². The Kier molecular flexibility index (Phi) is 3.79. The minimum Gasteiger partial charge on any atom is -0.496 e. The van der Waals surface area contributed by atoms with Gasteiger partial charge in [0, 0.05) is 11.6 Å². The molecule has 0 saturated carbocycles. The summed E-state index contributed by atoms with van der Waals surface area (Å²) in [6, 6.07) is 5.32. The summed E-state index contributed by atoms with van der Waals surface area (Å²) in [7, 11) is 1.64. The number of aromatic nitrogens is 1. The number of carbonyl (C=O) groups is 1. The number of methoxy groups -OCH3 is 1. The predicted octanol–water partition coefficient (Wildman–Crippen LogP) is 3.48. The Morgan fingerprint density at radius 3 is 2.55 bits per heavy atom. The van der Waals surface area contributed by atoms with Gasteiger partial charge in [-0.3, -0.25) is 0 Å². The normalized spacial score (nSPS) is 10.8. The van der Waals surface area contributed by atoms with Crippen molar-refractivity contribution in [3.05, 3.63) is 35.0 Å². The lowest BCUT2D eigenvalue weighted by atomic mass is 9.95. The van der Waals surface area contributed by atoms with Gasteiger partial charge >= 0.3 is 5.97 Å². The SMILES string of the molecule is COc1cc(C)c(-c2cc(C(=O)O)no2)cc1C(C)C. The molecule has 20 heavy (non-hydrogen) atoms. The van der Waals surface area contributed by atoms with E-state index in [1.807, 2.05) is 19.1 Å². The van der Waals surface area contributed by atoms with E-state index in [1.54, 1.807) is 7.11 Å². The molecule has 0 radical (unpaired) electrons. The second-order valence-corrected chi connectivity index (χ2v) is 4.95. The van der Waals surface area contributed by atoms with Gasteiger partial charge in [-0.05, 0) is 36.1 Å². The molecule has 0 unspecified atom stereocenters. The van der Waals surface area contributed by atoms with E-state index in [1.165, 1.54) is 6.07 Å². The van der Waals surface area contributed by atoms with Crippen LogP contribution < -0.4 is 4.74 Å². The van der Waals surface area contributed by atoms with Gasteiger partial charge in [0.05, 0.1) is 7.11 Å². The van der Waals surface area contributed by atoms with Crippen molar-refractivity contribution in [1.29, 1.82) is 0 Å². The Morgan fingerprint density at radius 1 is 1.35 bits per heavy atom. The standard InChI is InChI=1S/C15H17NO4/c1-8(2)10-6-11(9(3)5-13(10)19-4)14-7-12(15(17)18)16-20-14/h5-8H,1-4H3,(H,17,18). The smallest absolute Gasteiger partial charge is 0.358 e. The maximum Gasteiger partial charge on any atom is 0.358 e. The summed E-state index contributed by atoms with van der Waals surface area (Å²) in [6.45, 7) is 6.06. The zero-order chi connectivity index (χ0) is 14.9. The van der Waals surface area contributed by atoms with E-state index >= 15 is 0 Å². The third-order valence-corrected chi connectivity index (χ3v) is 3.19. The zero-order valence-electron chi connectivity index (χ0n) is 11.9. The van der Waals surface area contributed by atoms with Crippen molar-refractivity contribution in [3.63, 3.8) is 0 Å². The average Bonchev–Trinajstić information content (AvgIpc) is 2.87. The Hall–Kier alpha value is -2.30. The van der Waals surface area contributed by atoms with Crippen molar-refractivity contribution in [2.45, 2.75) is 26.7 Å². The Bertz CT molecular complexity index is 643. The maximum atomic E-state index is 10.9. The molecule has 5 nitrogen and oxygen atoms in total. The molecular weight excluding hydrogens is 258 g/mol. The molecular formula is C15H17NO4. The molecule has 1 aromatic heterocycles. The summed E-state index contributed by atoms with van der Waals surface area (Å²) in [5, 5.41) is 12.4. The van der Waals surface area contributed by atoms with E-state index in [0.29, 0.717) is 5.76 Å². The molecule has 0 amide bonds. The monoisotopic (exact) mass is 275 g/mol. The highest BCUT2D eigenvalue weighted by Gasteiger charge is 2.17. The van der Waals surface area contributed by atoms with Crippen LogP contribution in [0.4, 0.5) is 0 Å². The molecule has 1 heterocycles. The van der Waals surface area contributed by atoms with E-state index in [-0.39, 0.29) is 11.6 Å². The minimum atomic E-state index is -1.10. The van der Waals surface area contributed by atoms with Crippen molar-refractivity contribution in [1.82, 2.24) is 5.16 Å². The van der Waals surface area contributed by atoms with Crippen molar-refractivity contribution >= 4 is 5.97 Å². The Labute approximate surface area is 117 Å². The summed E-state index contributed by atoms with van der Waals surface area (Å²) < 4.78 is 10.5. The van der Waals surface area contributed by atoms with Gasteiger partial charge in [-0.25, -0.2) is 4.79 Å². The van der Waals surface area contributed by atoms with Crippen LogP contribution in [0.1, 0.15) is 41.4 Å². The van der Waals surface area contributed by atoms with Crippen LogP contribution in [0.25, 0.3) is 11.3 Å². The number of rotatable bonds is 4. The predicted molar refractivity (Wildman–Crippen MR) is 74.3 cm³/mol. The molecule has 0 atom stereocenters. The third-order valence-electron chi connectivity index (χ3n) is 3.19. The van der Waals surface area contributed by atoms with Gasteiger partial charge < -0.3 is 14.4 Å². The van der Waals surface area contributed by atoms with Gasteiger partial charge in [-0.2, -0.15) is 0 Å². The molecule has 0 fully saturated rings. The first kappa shape index (κ1) is 14.1. The third kappa shape index (κ3) is 2.52. The molecule has 0 bridgehead atoms. The number of aromatic carboxylic acids is 1. The van der Waals surface area contributed by atoms with E-state index in [2.05, 4.69) is 19.0 Å².